The quantitative estimate of drug-likeness (QED) is 0.197. The Kier molecular flexibility index (Phi) is 10.9. The van der Waals surface area contributed by atoms with E-state index in [1.807, 2.05) is 0 Å². The lowest BCUT2D eigenvalue weighted by Crippen LogP contribution is -2.55. The standard InChI is InChI=1S/C34H36F3N3O7/c1-5-7-18-39(32(44)34(35,36)37)28-26(6-2)47-33(17-19-46-22(3)41)27(28)31(43)40(21-24-13-15-25(45-4)16-14-24)29(33)30(42)38-20-23-11-9-8-10-12-23/h5-6,8-17,19,26-29H,1-2,7,18,20-21H2,3-4H3,(H,38,42)/b19-17+/t26-,27+,28+,29-,33+/m1/s1. The van der Waals surface area contributed by atoms with Crippen molar-refractivity contribution in [3.63, 3.8) is 0 Å². The molecule has 13 heteroatoms. The van der Waals surface area contributed by atoms with Gasteiger partial charge in [0.2, 0.25) is 11.8 Å². The lowest BCUT2D eigenvalue weighted by atomic mass is 9.80. The highest BCUT2D eigenvalue weighted by atomic mass is 19.4. The Bertz CT molecular complexity index is 1510. The van der Waals surface area contributed by atoms with Gasteiger partial charge in [0.25, 0.3) is 0 Å². The van der Waals surface area contributed by atoms with Gasteiger partial charge < -0.3 is 29.3 Å². The minimum Gasteiger partial charge on any atom is -0.497 e. The molecule has 5 atom stereocenters. The van der Waals surface area contributed by atoms with Crippen molar-refractivity contribution in [1.82, 2.24) is 15.1 Å². The highest BCUT2D eigenvalue weighted by Crippen LogP contribution is 2.51. The highest BCUT2D eigenvalue weighted by molar-refractivity contribution is 5.97. The molecule has 4 rings (SSSR count). The summed E-state index contributed by atoms with van der Waals surface area (Å²) in [6.45, 7) is 7.85. The van der Waals surface area contributed by atoms with Crippen LogP contribution < -0.4 is 10.1 Å². The number of methoxy groups -OCH3 is 1. The van der Waals surface area contributed by atoms with E-state index in [1.54, 1.807) is 54.6 Å². The molecular weight excluding hydrogens is 619 g/mol. The Hall–Kier alpha value is -4.91. The molecule has 250 valence electrons. The van der Waals surface area contributed by atoms with Gasteiger partial charge in [0.05, 0.1) is 31.4 Å². The third-order valence-electron chi connectivity index (χ3n) is 8.09. The molecule has 0 bridgehead atoms. The van der Waals surface area contributed by atoms with Gasteiger partial charge in [-0.15, -0.1) is 13.2 Å². The zero-order chi connectivity index (χ0) is 34.4. The average Bonchev–Trinajstić information content (AvgIpc) is 3.48. The van der Waals surface area contributed by atoms with Crippen molar-refractivity contribution in [2.75, 3.05) is 13.7 Å². The number of carbonyl (C=O) groups excluding carboxylic acids is 4. The second-order valence-corrected chi connectivity index (χ2v) is 11.0. The number of rotatable bonds is 13. The number of hydrogen-bond donors (Lipinski definition) is 1. The molecule has 3 amide bonds. The van der Waals surface area contributed by atoms with Crippen molar-refractivity contribution >= 4 is 23.7 Å². The molecule has 0 aromatic heterocycles. The van der Waals surface area contributed by atoms with Crippen LogP contribution >= 0.6 is 0 Å². The normalized spacial score (nSPS) is 23.7. The van der Waals surface area contributed by atoms with Gasteiger partial charge in [0.1, 0.15) is 17.4 Å². The molecular formula is C34H36F3N3O7. The van der Waals surface area contributed by atoms with Crippen molar-refractivity contribution in [3.8, 4) is 5.75 Å². The van der Waals surface area contributed by atoms with Crippen LogP contribution in [0.4, 0.5) is 13.2 Å². The van der Waals surface area contributed by atoms with Gasteiger partial charge in [0, 0.05) is 26.6 Å². The number of amides is 3. The number of nitrogens with zero attached hydrogens (tertiary/aromatic N) is 2. The van der Waals surface area contributed by atoms with Gasteiger partial charge in [-0.05, 0) is 35.8 Å². The summed E-state index contributed by atoms with van der Waals surface area (Å²) in [5, 5.41) is 2.82. The summed E-state index contributed by atoms with van der Waals surface area (Å²) < 4.78 is 58.6. The molecule has 2 heterocycles. The van der Waals surface area contributed by atoms with Crippen LogP contribution in [0.2, 0.25) is 0 Å². The Labute approximate surface area is 270 Å². The van der Waals surface area contributed by atoms with E-state index in [9.17, 15) is 32.3 Å². The monoisotopic (exact) mass is 655 g/mol. The van der Waals surface area contributed by atoms with Gasteiger partial charge in [-0.1, -0.05) is 54.6 Å². The molecule has 2 aliphatic rings. The maximum atomic E-state index is 14.6. The molecule has 0 saturated carbocycles. The molecule has 0 unspecified atom stereocenters. The third kappa shape index (κ3) is 7.40. The number of carbonyl (C=O) groups is 4. The average molecular weight is 656 g/mol. The van der Waals surface area contributed by atoms with E-state index in [0.717, 1.165) is 18.7 Å². The topological polar surface area (TPSA) is 114 Å². The van der Waals surface area contributed by atoms with Gasteiger partial charge in [-0.3, -0.25) is 19.2 Å². The van der Waals surface area contributed by atoms with Crippen LogP contribution in [-0.4, -0.2) is 77.1 Å². The summed E-state index contributed by atoms with van der Waals surface area (Å²) >= 11 is 0. The minimum atomic E-state index is -5.29. The van der Waals surface area contributed by atoms with Crippen molar-refractivity contribution < 1.29 is 46.6 Å². The SMILES string of the molecule is C=CCCN(C(=O)C(F)(F)F)[C@@H]1[C@H]2C(=O)N(Cc3ccc(OC)cc3)[C@H](C(=O)NCc3ccccc3)[C@@]2(/C=C/OC(C)=O)O[C@@H]1C=C. The molecule has 0 radical (unpaired) electrons. The van der Waals surface area contributed by atoms with Crippen LogP contribution in [0.5, 0.6) is 5.75 Å². The second kappa shape index (κ2) is 14.7. The van der Waals surface area contributed by atoms with Crippen LogP contribution in [0.3, 0.4) is 0 Å². The van der Waals surface area contributed by atoms with E-state index in [0.29, 0.717) is 16.2 Å². The summed E-state index contributed by atoms with van der Waals surface area (Å²) in [6.07, 6.45) is -1.98. The van der Waals surface area contributed by atoms with E-state index in [2.05, 4.69) is 18.5 Å². The maximum absolute atomic E-state index is 14.6. The third-order valence-corrected chi connectivity index (χ3v) is 8.09. The Morgan fingerprint density at radius 2 is 1.77 bits per heavy atom. The van der Waals surface area contributed by atoms with Gasteiger partial charge in [0.15, 0.2) is 0 Å². The first-order valence-corrected chi connectivity index (χ1v) is 14.8. The molecule has 0 aliphatic carbocycles. The highest BCUT2D eigenvalue weighted by Gasteiger charge is 2.71. The zero-order valence-corrected chi connectivity index (χ0v) is 25.9. The van der Waals surface area contributed by atoms with Crippen LogP contribution in [0.15, 0.2) is 92.2 Å². The lowest BCUT2D eigenvalue weighted by Gasteiger charge is -2.34. The number of nitrogens with one attached hydrogen (secondary N) is 1. The largest absolute Gasteiger partial charge is 0.497 e. The van der Waals surface area contributed by atoms with E-state index in [4.69, 9.17) is 14.2 Å². The molecule has 47 heavy (non-hydrogen) atoms. The van der Waals surface area contributed by atoms with Crippen molar-refractivity contribution in [1.29, 1.82) is 0 Å². The minimum absolute atomic E-state index is 0.0318. The second-order valence-electron chi connectivity index (χ2n) is 11.0. The summed E-state index contributed by atoms with van der Waals surface area (Å²) in [5.74, 6) is -5.36. The smallest absolute Gasteiger partial charge is 0.471 e. The Balaban J connectivity index is 1.88. The van der Waals surface area contributed by atoms with Crippen LogP contribution in [0, 0.1) is 5.92 Å². The van der Waals surface area contributed by atoms with Gasteiger partial charge in [-0.25, -0.2) is 0 Å². The molecule has 2 aromatic rings. The first-order valence-electron chi connectivity index (χ1n) is 14.8. The van der Waals surface area contributed by atoms with Crippen molar-refractivity contribution in [2.45, 2.75) is 56.4 Å². The van der Waals surface area contributed by atoms with E-state index in [1.165, 1.54) is 30.2 Å². The summed E-state index contributed by atoms with van der Waals surface area (Å²) in [4.78, 5) is 55.1. The molecule has 2 aliphatic heterocycles. The van der Waals surface area contributed by atoms with Crippen molar-refractivity contribution in [2.24, 2.45) is 5.92 Å². The number of alkyl halides is 3. The number of esters is 1. The predicted molar refractivity (Wildman–Crippen MR) is 164 cm³/mol. The molecule has 2 aromatic carbocycles. The summed E-state index contributed by atoms with van der Waals surface area (Å²) in [7, 11) is 1.49. The first kappa shape index (κ1) is 35.0. The van der Waals surface area contributed by atoms with Gasteiger partial charge in [-0.2, -0.15) is 13.2 Å². The van der Waals surface area contributed by atoms with Crippen LogP contribution in [-0.2, 0) is 41.7 Å². The fraction of sp³-hybridized carbons (Fsp3) is 0.353. The number of ether oxygens (including phenoxy) is 3. The van der Waals surface area contributed by atoms with Gasteiger partial charge >= 0.3 is 18.1 Å². The molecule has 10 nitrogen and oxygen atoms in total. The maximum Gasteiger partial charge on any atom is 0.471 e. The number of fused-ring (bicyclic) bond motifs is 1. The molecule has 1 N–H and O–H groups in total. The van der Waals surface area contributed by atoms with Crippen molar-refractivity contribution in [3.05, 3.63) is 103 Å². The fourth-order valence-electron chi connectivity index (χ4n) is 6.08. The number of likely N-dealkylation sites (tertiary alicyclic amines) is 1. The fourth-order valence-corrected chi connectivity index (χ4v) is 6.08. The number of halogens is 3. The summed E-state index contributed by atoms with van der Waals surface area (Å²) in [6, 6.07) is 12.6. The van der Waals surface area contributed by atoms with Crippen LogP contribution in [0.1, 0.15) is 24.5 Å². The van der Waals surface area contributed by atoms with E-state index < -0.39 is 66.1 Å². The van der Waals surface area contributed by atoms with E-state index in [-0.39, 0.29) is 19.5 Å². The van der Waals surface area contributed by atoms with Crippen LogP contribution in [0.25, 0.3) is 0 Å². The predicted octanol–water partition coefficient (Wildman–Crippen LogP) is 4.07. The first-order chi connectivity index (χ1) is 22.4. The molecule has 2 fully saturated rings. The Morgan fingerprint density at radius 3 is 2.34 bits per heavy atom. The summed E-state index contributed by atoms with van der Waals surface area (Å²) in [5.41, 5.74) is -0.680. The molecule has 2 saturated heterocycles. The number of hydrogen-bond acceptors (Lipinski definition) is 7. The molecule has 0 spiro atoms. The lowest BCUT2D eigenvalue weighted by molar-refractivity contribution is -0.189. The van der Waals surface area contributed by atoms with E-state index >= 15 is 0 Å². The Morgan fingerprint density at radius 1 is 1.09 bits per heavy atom. The number of benzene rings is 2. The zero-order valence-electron chi connectivity index (χ0n) is 25.9.